The van der Waals surface area contributed by atoms with Crippen molar-refractivity contribution in [2.24, 2.45) is 0 Å². The third kappa shape index (κ3) is 47.9. The van der Waals surface area contributed by atoms with Crippen LogP contribution in [-0.4, -0.2) is 37.2 Å². The van der Waals surface area contributed by atoms with Gasteiger partial charge in [0.25, 0.3) is 0 Å². The second-order valence-electron chi connectivity index (χ2n) is 17.2. The first kappa shape index (κ1) is 58.9. The number of rotatable bonds is 46. The van der Waals surface area contributed by atoms with E-state index in [0.29, 0.717) is 19.3 Å². The van der Waals surface area contributed by atoms with E-state index in [1.807, 2.05) is 6.08 Å². The number of hydrogen-bond donors (Lipinski definition) is 0. The SMILES string of the molecule is CCCCC\C=C/C=C\C=C/C=C\CCCCCCCC(=O)OCC(COC(=O)CCCCCCCCCCCCCCC)OC(=O)CC/C=C\C/C=C\CCCCCCCC. The lowest BCUT2D eigenvalue weighted by molar-refractivity contribution is -0.166. The van der Waals surface area contributed by atoms with E-state index in [-0.39, 0.29) is 37.5 Å². The summed E-state index contributed by atoms with van der Waals surface area (Å²) >= 11 is 0. The van der Waals surface area contributed by atoms with Crippen LogP contribution in [0.3, 0.4) is 0 Å². The average Bonchev–Trinajstić information content (AvgIpc) is 3.27. The van der Waals surface area contributed by atoms with Crippen LogP contribution < -0.4 is 0 Å². The number of esters is 3. The zero-order valence-electron chi connectivity index (χ0n) is 40.6. The fraction of sp³-hybridized carbons (Fsp3) is 0.732. The molecule has 1 atom stereocenters. The maximum Gasteiger partial charge on any atom is 0.306 e. The van der Waals surface area contributed by atoms with Gasteiger partial charge in [0.2, 0.25) is 0 Å². The molecule has 0 spiro atoms. The van der Waals surface area contributed by atoms with Crippen molar-refractivity contribution >= 4 is 17.9 Å². The van der Waals surface area contributed by atoms with Crippen LogP contribution >= 0.6 is 0 Å². The van der Waals surface area contributed by atoms with Crippen LogP contribution in [0.15, 0.2) is 72.9 Å². The van der Waals surface area contributed by atoms with Crippen molar-refractivity contribution in [1.82, 2.24) is 0 Å². The second kappa shape index (κ2) is 50.5. The smallest absolute Gasteiger partial charge is 0.306 e. The molecule has 6 nitrogen and oxygen atoms in total. The summed E-state index contributed by atoms with van der Waals surface area (Å²) in [6, 6.07) is 0. The van der Waals surface area contributed by atoms with E-state index in [2.05, 4.69) is 87.6 Å². The highest BCUT2D eigenvalue weighted by Crippen LogP contribution is 2.14. The Bertz CT molecular complexity index is 1180. The van der Waals surface area contributed by atoms with Crippen LogP contribution in [-0.2, 0) is 28.6 Å². The van der Waals surface area contributed by atoms with E-state index in [9.17, 15) is 14.4 Å². The highest BCUT2D eigenvalue weighted by atomic mass is 16.6. The minimum atomic E-state index is -0.813. The van der Waals surface area contributed by atoms with Crippen LogP contribution in [0, 0.1) is 0 Å². The molecule has 0 amide bonds. The summed E-state index contributed by atoms with van der Waals surface area (Å²) < 4.78 is 16.7. The summed E-state index contributed by atoms with van der Waals surface area (Å²) in [7, 11) is 0. The average molecular weight is 865 g/mol. The van der Waals surface area contributed by atoms with Crippen LogP contribution in [0.2, 0.25) is 0 Å². The zero-order chi connectivity index (χ0) is 45.1. The number of carbonyl (C=O) groups is 3. The van der Waals surface area contributed by atoms with Gasteiger partial charge in [-0.1, -0.05) is 235 Å². The van der Waals surface area contributed by atoms with Gasteiger partial charge in [-0.2, -0.15) is 0 Å². The van der Waals surface area contributed by atoms with Crippen molar-refractivity contribution < 1.29 is 28.6 Å². The molecule has 0 aliphatic carbocycles. The standard InChI is InChI=1S/C56H96O6/c1-4-7-10-13-16-19-22-25-26-27-28-29-32-34-37-40-43-46-49-55(58)61-52-53(62-56(59)50-47-44-41-38-35-31-24-21-18-15-12-9-6-3)51-60-54(57)48-45-42-39-36-33-30-23-20-17-14-11-8-5-2/h16,19,22,25-29,31,35,41,44,53H,4-15,17-18,20-21,23-24,30,32-34,36-40,42-43,45-52H2,1-3H3/b19-16-,25-22-,27-26-,29-28-,35-31-,44-41-. The Balaban J connectivity index is 4.47. The molecule has 0 aliphatic rings. The number of ether oxygens (including phenoxy) is 3. The number of allylic oxidation sites excluding steroid dienone is 12. The molecule has 0 aromatic rings. The van der Waals surface area contributed by atoms with Crippen LogP contribution in [0.5, 0.6) is 0 Å². The Labute approximate surface area is 382 Å². The van der Waals surface area contributed by atoms with Gasteiger partial charge in [0, 0.05) is 19.3 Å². The van der Waals surface area contributed by atoms with Crippen molar-refractivity contribution in [1.29, 1.82) is 0 Å². The largest absolute Gasteiger partial charge is 0.462 e. The number of unbranched alkanes of at least 4 members (excludes halogenated alkanes) is 26. The fourth-order valence-electron chi connectivity index (χ4n) is 7.09. The molecule has 356 valence electrons. The van der Waals surface area contributed by atoms with Crippen LogP contribution in [0.1, 0.15) is 245 Å². The van der Waals surface area contributed by atoms with Crippen molar-refractivity contribution in [3.63, 3.8) is 0 Å². The van der Waals surface area contributed by atoms with Gasteiger partial charge in [-0.3, -0.25) is 14.4 Å². The van der Waals surface area contributed by atoms with Crippen molar-refractivity contribution in [3.8, 4) is 0 Å². The van der Waals surface area contributed by atoms with Gasteiger partial charge >= 0.3 is 17.9 Å². The molecule has 0 saturated heterocycles. The Kier molecular flexibility index (Phi) is 47.9. The molecule has 0 radical (unpaired) electrons. The molecule has 1 unspecified atom stereocenters. The molecule has 0 fully saturated rings. The van der Waals surface area contributed by atoms with Gasteiger partial charge in [-0.05, 0) is 64.2 Å². The molecular formula is C56H96O6. The van der Waals surface area contributed by atoms with E-state index in [1.54, 1.807) is 0 Å². The predicted octanol–water partition coefficient (Wildman–Crippen LogP) is 17.0. The third-order valence-corrected chi connectivity index (χ3v) is 11.0. The first-order valence-electron chi connectivity index (χ1n) is 26.0. The Hall–Kier alpha value is -3.15. The summed E-state index contributed by atoms with van der Waals surface area (Å²) in [6.45, 7) is 6.52. The Morgan fingerprint density at radius 3 is 1.13 bits per heavy atom. The van der Waals surface area contributed by atoms with Crippen molar-refractivity contribution in [2.45, 2.75) is 252 Å². The topological polar surface area (TPSA) is 78.9 Å². The van der Waals surface area contributed by atoms with Gasteiger partial charge in [0.15, 0.2) is 6.10 Å². The molecule has 0 bridgehead atoms. The normalized spacial score (nSPS) is 12.6. The highest BCUT2D eigenvalue weighted by molar-refractivity contribution is 5.71. The summed E-state index contributed by atoms with van der Waals surface area (Å²) in [5, 5.41) is 0. The number of hydrogen-bond acceptors (Lipinski definition) is 6. The van der Waals surface area contributed by atoms with E-state index in [0.717, 1.165) is 77.0 Å². The monoisotopic (exact) mass is 865 g/mol. The first-order valence-corrected chi connectivity index (χ1v) is 26.0. The fourth-order valence-corrected chi connectivity index (χ4v) is 7.09. The van der Waals surface area contributed by atoms with Crippen molar-refractivity contribution in [3.05, 3.63) is 72.9 Å². The molecule has 0 N–H and O–H groups in total. The first-order chi connectivity index (χ1) is 30.5. The lowest BCUT2D eigenvalue weighted by Crippen LogP contribution is -2.30. The minimum Gasteiger partial charge on any atom is -0.462 e. The summed E-state index contributed by atoms with van der Waals surface area (Å²) in [5.41, 5.74) is 0. The molecule has 6 heteroatoms. The van der Waals surface area contributed by atoms with E-state index in [1.165, 1.54) is 122 Å². The zero-order valence-corrected chi connectivity index (χ0v) is 40.6. The molecule has 0 aromatic carbocycles. The van der Waals surface area contributed by atoms with E-state index >= 15 is 0 Å². The molecule has 0 rings (SSSR count). The minimum absolute atomic E-state index is 0.104. The molecule has 0 aliphatic heterocycles. The van der Waals surface area contributed by atoms with Gasteiger partial charge in [0.1, 0.15) is 13.2 Å². The van der Waals surface area contributed by atoms with Gasteiger partial charge < -0.3 is 14.2 Å². The summed E-state index contributed by atoms with van der Waals surface area (Å²) in [5.74, 6) is -0.994. The number of carbonyl (C=O) groups excluding carboxylic acids is 3. The third-order valence-electron chi connectivity index (χ3n) is 11.0. The van der Waals surface area contributed by atoms with Gasteiger partial charge in [-0.25, -0.2) is 0 Å². The quantitative estimate of drug-likeness (QED) is 0.0199. The van der Waals surface area contributed by atoms with Crippen LogP contribution in [0.4, 0.5) is 0 Å². The lowest BCUT2D eigenvalue weighted by Gasteiger charge is -2.18. The van der Waals surface area contributed by atoms with Gasteiger partial charge in [-0.15, -0.1) is 0 Å². The maximum atomic E-state index is 12.7. The summed E-state index contributed by atoms with van der Waals surface area (Å²) in [6.07, 6.45) is 63.2. The highest BCUT2D eigenvalue weighted by Gasteiger charge is 2.19. The van der Waals surface area contributed by atoms with Crippen LogP contribution in [0.25, 0.3) is 0 Å². The molecule has 0 saturated carbocycles. The van der Waals surface area contributed by atoms with Gasteiger partial charge in [0.05, 0.1) is 0 Å². The van der Waals surface area contributed by atoms with E-state index < -0.39 is 6.10 Å². The molecule has 0 aromatic heterocycles. The predicted molar refractivity (Wildman–Crippen MR) is 265 cm³/mol. The molecular weight excluding hydrogens is 769 g/mol. The Morgan fingerprint density at radius 1 is 0.339 bits per heavy atom. The Morgan fingerprint density at radius 2 is 0.677 bits per heavy atom. The lowest BCUT2D eigenvalue weighted by atomic mass is 10.0. The van der Waals surface area contributed by atoms with E-state index in [4.69, 9.17) is 14.2 Å². The second-order valence-corrected chi connectivity index (χ2v) is 17.2. The maximum absolute atomic E-state index is 12.7. The molecule has 62 heavy (non-hydrogen) atoms. The summed E-state index contributed by atoms with van der Waals surface area (Å²) in [4.78, 5) is 37.9. The molecule has 0 heterocycles. The van der Waals surface area contributed by atoms with Crippen molar-refractivity contribution in [2.75, 3.05) is 13.2 Å².